The van der Waals surface area contributed by atoms with E-state index in [0.717, 1.165) is 0 Å². The predicted molar refractivity (Wildman–Crippen MR) is 57.2 cm³/mol. The zero-order valence-corrected chi connectivity index (χ0v) is 9.43. The Morgan fingerprint density at radius 3 is 2.47 bits per heavy atom. The molecule has 86 valence electrons. The lowest BCUT2D eigenvalue weighted by Gasteiger charge is -2.36. The predicted octanol–water partition coefficient (Wildman–Crippen LogP) is 2.33. The van der Waals surface area contributed by atoms with Gasteiger partial charge in [-0.15, -0.1) is 0 Å². The summed E-state index contributed by atoms with van der Waals surface area (Å²) in [6, 6.07) is 0.607. The second kappa shape index (κ2) is 4.60. The van der Waals surface area contributed by atoms with Crippen LogP contribution in [0.4, 0.5) is 13.2 Å². The molecule has 0 radical (unpaired) electrons. The highest BCUT2D eigenvalue weighted by atomic mass is 19.4. The zero-order valence-electron chi connectivity index (χ0n) is 9.43. The number of hydrogen-bond acceptors (Lipinski definition) is 1. The molecule has 0 bridgehead atoms. The lowest BCUT2D eigenvalue weighted by molar-refractivity contribution is -0.0463. The van der Waals surface area contributed by atoms with E-state index in [-0.39, 0.29) is 6.04 Å². The molecule has 0 fully saturated rings. The molecule has 0 aliphatic carbocycles. The Morgan fingerprint density at radius 2 is 2.07 bits per heavy atom. The van der Waals surface area contributed by atoms with E-state index in [9.17, 15) is 13.2 Å². The van der Waals surface area contributed by atoms with Crippen molar-refractivity contribution < 1.29 is 13.2 Å². The minimum absolute atomic E-state index is 0.215. The summed E-state index contributed by atoms with van der Waals surface area (Å²) >= 11 is 0. The average molecular weight is 219 g/mol. The molecule has 0 aromatic heterocycles. The van der Waals surface area contributed by atoms with Crippen molar-refractivity contribution in [2.45, 2.75) is 45.4 Å². The van der Waals surface area contributed by atoms with Gasteiger partial charge in [-0.25, -0.2) is 0 Å². The van der Waals surface area contributed by atoms with E-state index in [4.69, 9.17) is 0 Å². The molecule has 1 aliphatic rings. The Bertz CT molecular complexity index is 248. The third kappa shape index (κ3) is 3.90. The zero-order chi connectivity index (χ0) is 11.6. The molecule has 0 aromatic rings. The van der Waals surface area contributed by atoms with Crippen LogP contribution in [0.5, 0.6) is 0 Å². The van der Waals surface area contributed by atoms with Gasteiger partial charge in [0.1, 0.15) is 0 Å². The number of nitrogens with zero attached hydrogens (tertiary/aromatic N) is 1. The van der Waals surface area contributed by atoms with Gasteiger partial charge < -0.3 is 0 Å². The molecule has 0 N–H and O–H groups in total. The quantitative estimate of drug-likeness (QED) is 0.644. The first-order valence-electron chi connectivity index (χ1n) is 5.30. The van der Waals surface area contributed by atoms with E-state index in [1.54, 1.807) is 6.08 Å². The molecule has 0 aromatic carbocycles. The van der Waals surface area contributed by atoms with Crippen molar-refractivity contribution in [1.82, 2.24) is 4.90 Å². The summed E-state index contributed by atoms with van der Waals surface area (Å²) in [5, 5.41) is 0. The van der Waals surface area contributed by atoms with Crippen molar-refractivity contribution in [3.63, 3.8) is 0 Å². The van der Waals surface area contributed by atoms with Gasteiger partial charge in [0.25, 0.3) is 7.28 Å². The van der Waals surface area contributed by atoms with Crippen LogP contribution in [0.1, 0.15) is 27.2 Å². The molecule has 1 aliphatic heterocycles. The monoisotopic (exact) mass is 219 g/mol. The van der Waals surface area contributed by atoms with Crippen molar-refractivity contribution in [1.29, 1.82) is 0 Å². The molecular weight excluding hydrogens is 202 g/mol. The summed E-state index contributed by atoms with van der Waals surface area (Å²) in [5.74, 6) is 0. The summed E-state index contributed by atoms with van der Waals surface area (Å²) in [4.78, 5) is 2.21. The van der Waals surface area contributed by atoms with Gasteiger partial charge in [-0.1, -0.05) is 11.5 Å². The van der Waals surface area contributed by atoms with Crippen LogP contribution in [0, 0.1) is 0 Å². The van der Waals surface area contributed by atoms with Crippen molar-refractivity contribution >= 4 is 7.28 Å². The summed E-state index contributed by atoms with van der Waals surface area (Å²) < 4.78 is 36.5. The van der Waals surface area contributed by atoms with Crippen LogP contribution >= 0.6 is 0 Å². The number of alkyl halides is 3. The molecule has 15 heavy (non-hydrogen) atoms. The van der Waals surface area contributed by atoms with Gasteiger partial charge in [0.2, 0.25) is 0 Å². The molecule has 1 nitrogen and oxygen atoms in total. The van der Waals surface area contributed by atoms with Crippen LogP contribution in [0.15, 0.2) is 11.5 Å². The Labute approximate surface area is 89.6 Å². The third-order valence-electron chi connectivity index (χ3n) is 2.81. The molecule has 0 saturated carbocycles. The fraction of sp³-hybridized carbons (Fsp3) is 0.800. The van der Waals surface area contributed by atoms with E-state index in [1.807, 2.05) is 6.92 Å². The van der Waals surface area contributed by atoms with E-state index in [0.29, 0.717) is 24.5 Å². The van der Waals surface area contributed by atoms with Crippen LogP contribution in [-0.2, 0) is 0 Å². The highest BCUT2D eigenvalue weighted by Crippen LogP contribution is 2.24. The van der Waals surface area contributed by atoms with Crippen LogP contribution < -0.4 is 0 Å². The second-order valence-electron chi connectivity index (χ2n) is 4.50. The van der Waals surface area contributed by atoms with Gasteiger partial charge in [0.05, 0.1) is 0 Å². The molecule has 1 heterocycles. The topological polar surface area (TPSA) is 3.24 Å². The smallest absolute Gasteiger partial charge is 0.294 e. The molecule has 1 rings (SSSR count). The van der Waals surface area contributed by atoms with E-state index < -0.39 is 13.4 Å². The third-order valence-corrected chi connectivity index (χ3v) is 2.81. The van der Waals surface area contributed by atoms with Gasteiger partial charge in [-0.2, -0.15) is 13.2 Å². The van der Waals surface area contributed by atoms with Gasteiger partial charge in [0, 0.05) is 18.6 Å². The summed E-state index contributed by atoms with van der Waals surface area (Å²) in [5.41, 5.74) is 0.534. The van der Waals surface area contributed by atoms with Crippen LogP contribution in [0.2, 0.25) is 0 Å². The second-order valence-corrected chi connectivity index (χ2v) is 4.50. The van der Waals surface area contributed by atoms with Crippen LogP contribution in [0.25, 0.3) is 0 Å². The van der Waals surface area contributed by atoms with Gasteiger partial charge in [0.15, 0.2) is 0 Å². The van der Waals surface area contributed by atoms with Crippen molar-refractivity contribution in [2.24, 2.45) is 0 Å². The lowest BCUT2D eigenvalue weighted by atomic mass is 9.65. The van der Waals surface area contributed by atoms with Crippen molar-refractivity contribution in [2.75, 3.05) is 6.54 Å². The number of hydrogen-bond donors (Lipinski definition) is 0. The summed E-state index contributed by atoms with van der Waals surface area (Å²) in [6.07, 6.45) is -1.79. The highest BCUT2D eigenvalue weighted by Gasteiger charge is 2.33. The first kappa shape index (κ1) is 12.6. The van der Waals surface area contributed by atoms with Gasteiger partial charge >= 0.3 is 6.08 Å². The maximum Gasteiger partial charge on any atom is 0.346 e. The maximum atomic E-state index is 12.2. The fourth-order valence-electron chi connectivity index (χ4n) is 2.12. The summed E-state index contributed by atoms with van der Waals surface area (Å²) in [7, 11) is -0.747. The standard InChI is InChI=1S/C10H17BF3N/c1-7(2)15-5-4-9(6-8(15)3)11-10(12,13)14/h4,7-8,11H,5-6H2,1-3H3. The summed E-state index contributed by atoms with van der Waals surface area (Å²) in [6.45, 7) is 6.77. The van der Waals surface area contributed by atoms with E-state index >= 15 is 0 Å². The first-order valence-corrected chi connectivity index (χ1v) is 5.30. The molecule has 0 saturated heterocycles. The van der Waals surface area contributed by atoms with E-state index in [1.165, 1.54) is 0 Å². The Morgan fingerprint density at radius 1 is 1.47 bits per heavy atom. The van der Waals surface area contributed by atoms with Gasteiger partial charge in [-0.05, 0) is 27.2 Å². The Kier molecular flexibility index (Phi) is 3.87. The Hall–Kier alpha value is -0.445. The molecule has 1 unspecified atom stereocenters. The maximum absolute atomic E-state index is 12.2. The van der Waals surface area contributed by atoms with Crippen LogP contribution in [-0.4, -0.2) is 36.9 Å². The van der Waals surface area contributed by atoms with Crippen molar-refractivity contribution in [3.05, 3.63) is 11.5 Å². The molecule has 1 atom stereocenters. The number of halogens is 3. The SMILES string of the molecule is CC(C)N1CC=C(BC(F)(F)F)CC1C. The lowest BCUT2D eigenvalue weighted by Crippen LogP contribution is -2.42. The van der Waals surface area contributed by atoms with E-state index in [2.05, 4.69) is 18.7 Å². The average Bonchev–Trinajstić information content (AvgIpc) is 1.99. The molecule has 0 spiro atoms. The molecular formula is C10H17BF3N. The minimum Gasteiger partial charge on any atom is -0.294 e. The highest BCUT2D eigenvalue weighted by molar-refractivity contribution is 6.47. The number of rotatable bonds is 2. The molecule has 5 heteroatoms. The largest absolute Gasteiger partial charge is 0.346 e. The van der Waals surface area contributed by atoms with Crippen molar-refractivity contribution in [3.8, 4) is 0 Å². The van der Waals surface area contributed by atoms with Gasteiger partial charge in [-0.3, -0.25) is 4.90 Å². The first-order chi connectivity index (χ1) is 6.79. The van der Waals surface area contributed by atoms with Crippen LogP contribution in [0.3, 0.4) is 0 Å². The fourth-order valence-corrected chi connectivity index (χ4v) is 2.12. The minimum atomic E-state index is -4.06. The molecule has 0 amide bonds. The Balaban J connectivity index is 2.59. The normalized spacial score (nSPS) is 24.2.